The minimum atomic E-state index is -0.291. The second-order valence-corrected chi connectivity index (χ2v) is 4.94. The van der Waals surface area contributed by atoms with E-state index in [1.807, 2.05) is 6.07 Å². The van der Waals surface area contributed by atoms with E-state index in [0.717, 1.165) is 5.56 Å². The van der Waals surface area contributed by atoms with Crippen LogP contribution in [0.5, 0.6) is 11.5 Å². The van der Waals surface area contributed by atoms with Crippen LogP contribution in [0, 0.1) is 6.92 Å². The lowest BCUT2D eigenvalue weighted by Crippen LogP contribution is -2.19. The van der Waals surface area contributed by atoms with E-state index in [1.54, 1.807) is 39.5 Å². The number of aliphatic hydroxyl groups is 1. The van der Waals surface area contributed by atoms with Crippen molar-refractivity contribution in [1.82, 2.24) is 9.97 Å². The Bertz CT molecular complexity index is 786. The number of hydrogen-bond acceptors (Lipinski definition) is 7. The van der Waals surface area contributed by atoms with E-state index in [4.69, 9.17) is 14.6 Å². The molecule has 0 fully saturated rings. The van der Waals surface area contributed by atoms with Crippen molar-refractivity contribution in [1.29, 1.82) is 0 Å². The maximum absolute atomic E-state index is 11.9. The number of H-pyrrole nitrogens is 1. The predicted molar refractivity (Wildman–Crippen MR) is 91.1 cm³/mol. The van der Waals surface area contributed by atoms with E-state index in [-0.39, 0.29) is 24.5 Å². The molecule has 0 aliphatic rings. The number of nitrogens with zero attached hydrogens (tertiary/aromatic N) is 2. The van der Waals surface area contributed by atoms with E-state index >= 15 is 0 Å². The van der Waals surface area contributed by atoms with Crippen LogP contribution in [0.3, 0.4) is 0 Å². The summed E-state index contributed by atoms with van der Waals surface area (Å²) in [5.74, 6) is 1.46. The van der Waals surface area contributed by atoms with Crippen LogP contribution in [0.4, 0.5) is 5.95 Å². The fourth-order valence-electron chi connectivity index (χ4n) is 2.17. The van der Waals surface area contributed by atoms with Crippen LogP contribution in [0.15, 0.2) is 28.1 Å². The average Bonchev–Trinajstić information content (AvgIpc) is 2.58. The molecule has 0 unspecified atom stereocenters. The van der Waals surface area contributed by atoms with Gasteiger partial charge in [-0.25, -0.2) is 10.4 Å². The summed E-state index contributed by atoms with van der Waals surface area (Å²) >= 11 is 0. The zero-order valence-corrected chi connectivity index (χ0v) is 13.8. The molecule has 2 aromatic rings. The second-order valence-electron chi connectivity index (χ2n) is 4.94. The van der Waals surface area contributed by atoms with Gasteiger partial charge in [0.1, 0.15) is 0 Å². The molecule has 0 aliphatic heterocycles. The number of aromatic nitrogens is 2. The monoisotopic (exact) mass is 332 g/mol. The Hall–Kier alpha value is -2.87. The zero-order chi connectivity index (χ0) is 17.5. The summed E-state index contributed by atoms with van der Waals surface area (Å²) in [5.41, 5.74) is 4.19. The lowest BCUT2D eigenvalue weighted by Gasteiger charge is -2.07. The van der Waals surface area contributed by atoms with Crippen molar-refractivity contribution in [2.75, 3.05) is 26.3 Å². The largest absolute Gasteiger partial charge is 0.493 e. The van der Waals surface area contributed by atoms with Gasteiger partial charge >= 0.3 is 0 Å². The highest BCUT2D eigenvalue weighted by atomic mass is 16.5. The van der Waals surface area contributed by atoms with E-state index < -0.39 is 0 Å². The van der Waals surface area contributed by atoms with Gasteiger partial charge in [-0.2, -0.15) is 5.10 Å². The van der Waals surface area contributed by atoms with Gasteiger partial charge in [0.25, 0.3) is 5.56 Å². The maximum atomic E-state index is 11.9. The summed E-state index contributed by atoms with van der Waals surface area (Å²) in [6.45, 7) is 1.61. The van der Waals surface area contributed by atoms with Gasteiger partial charge in [0, 0.05) is 18.6 Å². The van der Waals surface area contributed by atoms with Gasteiger partial charge in [-0.1, -0.05) is 0 Å². The van der Waals surface area contributed by atoms with E-state index in [0.29, 0.717) is 22.8 Å². The highest BCUT2D eigenvalue weighted by Crippen LogP contribution is 2.26. The Balaban J connectivity index is 2.13. The molecule has 0 bridgehead atoms. The lowest BCUT2D eigenvalue weighted by atomic mass is 10.2. The first-order valence-electron chi connectivity index (χ1n) is 7.30. The lowest BCUT2D eigenvalue weighted by molar-refractivity contribution is 0.298. The highest BCUT2D eigenvalue weighted by molar-refractivity contribution is 5.81. The predicted octanol–water partition coefficient (Wildman–Crippen LogP) is 1.08. The molecular weight excluding hydrogens is 312 g/mol. The van der Waals surface area contributed by atoms with E-state index in [2.05, 4.69) is 20.5 Å². The van der Waals surface area contributed by atoms with Crippen molar-refractivity contribution >= 4 is 12.2 Å². The molecule has 3 N–H and O–H groups in total. The van der Waals surface area contributed by atoms with Gasteiger partial charge in [0.2, 0.25) is 5.95 Å². The number of nitrogens with one attached hydrogen (secondary N) is 2. The molecule has 0 aliphatic carbocycles. The van der Waals surface area contributed by atoms with Gasteiger partial charge < -0.3 is 14.6 Å². The number of ether oxygens (including phenoxy) is 2. The third kappa shape index (κ3) is 4.11. The minimum Gasteiger partial charge on any atom is -0.493 e. The molecule has 8 heteroatoms. The summed E-state index contributed by atoms with van der Waals surface area (Å²) in [6.07, 6.45) is 1.84. The third-order valence-corrected chi connectivity index (χ3v) is 3.38. The molecule has 0 saturated carbocycles. The Morgan fingerprint density at radius 3 is 2.71 bits per heavy atom. The standard InChI is InChI=1S/C16H20N4O4/c1-10-12(6-7-21)15(22)19-16(18-10)20-17-9-11-4-5-13(23-2)14(8-11)24-3/h4-5,8-9,21H,6-7H2,1-3H3,(H2,18,19,20,22)/b17-9-. The van der Waals surface area contributed by atoms with Crippen LogP contribution in [0.2, 0.25) is 0 Å². The van der Waals surface area contributed by atoms with Crippen molar-refractivity contribution in [3.05, 3.63) is 45.4 Å². The molecule has 0 amide bonds. The van der Waals surface area contributed by atoms with Crippen LogP contribution in [-0.2, 0) is 6.42 Å². The number of methoxy groups -OCH3 is 2. The summed E-state index contributed by atoms with van der Waals surface area (Å²) in [7, 11) is 3.13. The molecule has 8 nitrogen and oxygen atoms in total. The number of rotatable bonds is 7. The molecule has 0 spiro atoms. The Morgan fingerprint density at radius 1 is 1.33 bits per heavy atom. The van der Waals surface area contributed by atoms with Crippen LogP contribution in [0.25, 0.3) is 0 Å². The van der Waals surface area contributed by atoms with Crippen molar-refractivity contribution in [3.63, 3.8) is 0 Å². The van der Waals surface area contributed by atoms with Crippen molar-refractivity contribution in [2.45, 2.75) is 13.3 Å². The molecule has 1 aromatic carbocycles. The fraction of sp³-hybridized carbons (Fsp3) is 0.312. The average molecular weight is 332 g/mol. The van der Waals surface area contributed by atoms with Gasteiger partial charge in [-0.3, -0.25) is 9.78 Å². The van der Waals surface area contributed by atoms with Crippen LogP contribution >= 0.6 is 0 Å². The molecule has 2 rings (SSSR count). The first-order chi connectivity index (χ1) is 11.6. The first kappa shape index (κ1) is 17.5. The number of hydrazone groups is 1. The summed E-state index contributed by atoms with van der Waals surface area (Å²) < 4.78 is 10.4. The number of aryl methyl sites for hydroxylation is 1. The molecule has 1 heterocycles. The molecule has 0 radical (unpaired) electrons. The number of benzene rings is 1. The number of hydrogen-bond donors (Lipinski definition) is 3. The maximum Gasteiger partial charge on any atom is 0.255 e. The molecule has 0 saturated heterocycles. The number of anilines is 1. The summed E-state index contributed by atoms with van der Waals surface area (Å²) in [4.78, 5) is 18.7. The van der Waals surface area contributed by atoms with Crippen molar-refractivity contribution < 1.29 is 14.6 Å². The second kappa shape index (κ2) is 8.11. The number of aliphatic hydroxyl groups excluding tert-OH is 1. The Labute approximate surface area is 139 Å². The first-order valence-corrected chi connectivity index (χ1v) is 7.30. The topological polar surface area (TPSA) is 109 Å². The van der Waals surface area contributed by atoms with E-state index in [1.165, 1.54) is 0 Å². The number of aromatic amines is 1. The van der Waals surface area contributed by atoms with Crippen LogP contribution in [0.1, 0.15) is 16.8 Å². The smallest absolute Gasteiger partial charge is 0.255 e. The van der Waals surface area contributed by atoms with Gasteiger partial charge in [-0.05, 0) is 30.7 Å². The quantitative estimate of drug-likeness (QED) is 0.517. The minimum absolute atomic E-state index is 0.101. The van der Waals surface area contributed by atoms with Gasteiger partial charge in [-0.15, -0.1) is 0 Å². The van der Waals surface area contributed by atoms with Gasteiger partial charge in [0.15, 0.2) is 11.5 Å². The SMILES string of the molecule is COc1ccc(/C=N\Nc2nc(C)c(CCO)c(=O)[nH]2)cc1OC. The van der Waals surface area contributed by atoms with Crippen LogP contribution in [-0.4, -0.2) is 42.1 Å². The zero-order valence-electron chi connectivity index (χ0n) is 13.8. The van der Waals surface area contributed by atoms with Crippen molar-refractivity contribution in [3.8, 4) is 11.5 Å². The Morgan fingerprint density at radius 2 is 2.08 bits per heavy atom. The molecule has 24 heavy (non-hydrogen) atoms. The molecule has 128 valence electrons. The normalized spacial score (nSPS) is 10.8. The third-order valence-electron chi connectivity index (χ3n) is 3.38. The van der Waals surface area contributed by atoms with E-state index in [9.17, 15) is 4.79 Å². The van der Waals surface area contributed by atoms with Crippen molar-refractivity contribution in [2.24, 2.45) is 5.10 Å². The molecule has 1 aromatic heterocycles. The van der Waals surface area contributed by atoms with Gasteiger partial charge in [0.05, 0.1) is 26.1 Å². The molecular formula is C16H20N4O4. The highest BCUT2D eigenvalue weighted by Gasteiger charge is 2.07. The summed E-state index contributed by atoms with van der Waals surface area (Å²) in [5, 5.41) is 13.0. The molecule has 0 atom stereocenters. The fourth-order valence-corrected chi connectivity index (χ4v) is 2.17. The summed E-state index contributed by atoms with van der Waals surface area (Å²) in [6, 6.07) is 5.36. The Kier molecular flexibility index (Phi) is 5.91. The van der Waals surface area contributed by atoms with Crippen LogP contribution < -0.4 is 20.5 Å².